The van der Waals surface area contributed by atoms with Crippen LogP contribution >= 0.6 is 11.8 Å². The molecule has 0 N–H and O–H groups in total. The van der Waals surface area contributed by atoms with Gasteiger partial charge in [0.2, 0.25) is 5.91 Å². The van der Waals surface area contributed by atoms with Gasteiger partial charge >= 0.3 is 0 Å². The summed E-state index contributed by atoms with van der Waals surface area (Å²) in [5, 5.41) is 0.907. The molecular formula is C23H33N3O3S2. The highest BCUT2D eigenvalue weighted by Crippen LogP contribution is 2.36. The Balaban J connectivity index is 1.55. The first-order chi connectivity index (χ1) is 14.9. The summed E-state index contributed by atoms with van der Waals surface area (Å²) in [6.45, 7) is 4.06. The molecule has 6 nitrogen and oxygen atoms in total. The van der Waals surface area contributed by atoms with E-state index >= 15 is 0 Å². The Hall–Kier alpha value is -1.54. The van der Waals surface area contributed by atoms with Crippen LogP contribution in [0, 0.1) is 0 Å². The standard InChI is InChI=1S/C23H33N3O3S2/c1-3-17(2)25(19-13-14-31(28,29)16-19)22(27)15-30-23-24-20-11-7-8-12-21(20)26(23)18-9-5-4-6-10-18/h7-8,11-12,17-19H,3-6,9-10,13-16H2,1-2H3. The predicted molar refractivity (Wildman–Crippen MR) is 126 cm³/mol. The Morgan fingerprint density at radius 1 is 1.23 bits per heavy atom. The number of carbonyl (C=O) groups excluding carboxylic acids is 1. The number of fused-ring (bicyclic) bond motifs is 1. The molecule has 0 spiro atoms. The molecule has 4 rings (SSSR count). The number of hydrogen-bond acceptors (Lipinski definition) is 5. The van der Waals surface area contributed by atoms with Crippen LogP contribution in [0.3, 0.4) is 0 Å². The van der Waals surface area contributed by atoms with Crippen molar-refractivity contribution in [2.45, 2.75) is 82.1 Å². The second-order valence-corrected chi connectivity index (χ2v) is 12.1. The maximum atomic E-state index is 13.3. The van der Waals surface area contributed by atoms with Gasteiger partial charge in [-0.25, -0.2) is 13.4 Å². The maximum absolute atomic E-state index is 13.3. The second kappa shape index (κ2) is 9.53. The number of aromatic nitrogens is 2. The minimum Gasteiger partial charge on any atom is -0.335 e. The van der Waals surface area contributed by atoms with E-state index in [-0.39, 0.29) is 35.2 Å². The van der Waals surface area contributed by atoms with Crippen molar-refractivity contribution in [2.75, 3.05) is 17.3 Å². The number of carbonyl (C=O) groups is 1. The van der Waals surface area contributed by atoms with Crippen LogP contribution in [0.4, 0.5) is 0 Å². The molecule has 8 heteroatoms. The zero-order chi connectivity index (χ0) is 22.0. The molecule has 2 aliphatic rings. The van der Waals surface area contributed by atoms with Crippen LogP contribution in [-0.4, -0.2) is 58.1 Å². The molecule has 2 atom stereocenters. The number of rotatable bonds is 7. The minimum absolute atomic E-state index is 0.0173. The summed E-state index contributed by atoms with van der Waals surface area (Å²) in [7, 11) is -3.04. The van der Waals surface area contributed by atoms with Gasteiger partial charge in [0, 0.05) is 18.1 Å². The van der Waals surface area contributed by atoms with Crippen LogP contribution in [0.5, 0.6) is 0 Å². The lowest BCUT2D eigenvalue weighted by Crippen LogP contribution is -2.47. The van der Waals surface area contributed by atoms with Gasteiger partial charge in [0.15, 0.2) is 15.0 Å². The SMILES string of the molecule is CCC(C)N(C(=O)CSc1nc2ccccc2n1C1CCCCC1)C1CCS(=O)(=O)C1. The monoisotopic (exact) mass is 463 g/mol. The number of nitrogens with zero attached hydrogens (tertiary/aromatic N) is 3. The predicted octanol–water partition coefficient (Wildman–Crippen LogP) is 4.45. The molecule has 0 bridgehead atoms. The molecule has 170 valence electrons. The summed E-state index contributed by atoms with van der Waals surface area (Å²) in [6, 6.07) is 8.48. The van der Waals surface area contributed by atoms with Gasteiger partial charge in [-0.1, -0.05) is 50.1 Å². The third-order valence-electron chi connectivity index (χ3n) is 6.78. The average molecular weight is 464 g/mol. The lowest BCUT2D eigenvalue weighted by molar-refractivity contribution is -0.132. The summed E-state index contributed by atoms with van der Waals surface area (Å²) >= 11 is 1.50. The number of thioether (sulfide) groups is 1. The number of hydrogen-bond donors (Lipinski definition) is 0. The fourth-order valence-electron chi connectivity index (χ4n) is 5.02. The molecule has 31 heavy (non-hydrogen) atoms. The molecule has 1 amide bonds. The van der Waals surface area contributed by atoms with Gasteiger partial charge in [0.1, 0.15) is 0 Å². The van der Waals surface area contributed by atoms with Crippen LogP contribution in [0.15, 0.2) is 29.4 Å². The van der Waals surface area contributed by atoms with Crippen molar-refractivity contribution in [1.29, 1.82) is 0 Å². The molecular weight excluding hydrogens is 430 g/mol. The Kier molecular flexibility index (Phi) is 6.96. The third-order valence-corrected chi connectivity index (χ3v) is 9.47. The smallest absolute Gasteiger partial charge is 0.233 e. The molecule has 1 aliphatic carbocycles. The second-order valence-electron chi connectivity index (χ2n) is 8.95. The zero-order valence-corrected chi connectivity index (χ0v) is 20.1. The first kappa shape index (κ1) is 22.6. The van der Waals surface area contributed by atoms with Gasteiger partial charge in [-0.3, -0.25) is 4.79 Å². The fourth-order valence-corrected chi connectivity index (χ4v) is 7.68. The summed E-state index contributed by atoms with van der Waals surface area (Å²) < 4.78 is 26.4. The van der Waals surface area contributed by atoms with Crippen LogP contribution in [0.25, 0.3) is 11.0 Å². The first-order valence-electron chi connectivity index (χ1n) is 11.5. The lowest BCUT2D eigenvalue weighted by atomic mass is 9.95. The van der Waals surface area contributed by atoms with Crippen molar-refractivity contribution >= 4 is 38.5 Å². The number of benzene rings is 1. The maximum Gasteiger partial charge on any atom is 0.233 e. The highest BCUT2D eigenvalue weighted by atomic mass is 32.2. The first-order valence-corrected chi connectivity index (χ1v) is 14.3. The highest BCUT2D eigenvalue weighted by Gasteiger charge is 2.36. The minimum atomic E-state index is -3.04. The van der Waals surface area contributed by atoms with E-state index in [2.05, 4.69) is 10.6 Å². The molecule has 2 heterocycles. The van der Waals surface area contributed by atoms with Crippen molar-refractivity contribution in [2.24, 2.45) is 0 Å². The van der Waals surface area contributed by atoms with Gasteiger partial charge < -0.3 is 9.47 Å². The molecule has 1 aliphatic heterocycles. The van der Waals surface area contributed by atoms with E-state index in [0.717, 1.165) is 35.5 Å². The van der Waals surface area contributed by atoms with Crippen LogP contribution in [0.2, 0.25) is 0 Å². The molecule has 1 saturated carbocycles. The summed E-state index contributed by atoms with van der Waals surface area (Å²) in [6.07, 6.45) is 7.42. The van der Waals surface area contributed by atoms with Gasteiger partial charge in [0.05, 0.1) is 28.3 Å². The van der Waals surface area contributed by atoms with E-state index in [9.17, 15) is 13.2 Å². The van der Waals surface area contributed by atoms with E-state index in [1.54, 1.807) is 0 Å². The highest BCUT2D eigenvalue weighted by molar-refractivity contribution is 7.99. The molecule has 1 aromatic heterocycles. The normalized spacial score (nSPS) is 22.6. The number of para-hydroxylation sites is 2. The summed E-state index contributed by atoms with van der Waals surface area (Å²) in [5.41, 5.74) is 2.12. The Morgan fingerprint density at radius 2 is 1.97 bits per heavy atom. The fraction of sp³-hybridized carbons (Fsp3) is 0.652. The van der Waals surface area contributed by atoms with Crippen molar-refractivity contribution in [3.05, 3.63) is 24.3 Å². The van der Waals surface area contributed by atoms with Crippen molar-refractivity contribution in [3.63, 3.8) is 0 Å². The van der Waals surface area contributed by atoms with E-state index in [4.69, 9.17) is 4.98 Å². The third kappa shape index (κ3) is 4.95. The molecule has 2 fully saturated rings. The van der Waals surface area contributed by atoms with Gasteiger partial charge in [-0.15, -0.1) is 0 Å². The van der Waals surface area contributed by atoms with Crippen LogP contribution in [0.1, 0.15) is 64.8 Å². The lowest BCUT2D eigenvalue weighted by Gasteiger charge is -2.33. The van der Waals surface area contributed by atoms with E-state index in [1.165, 1.54) is 31.0 Å². The quantitative estimate of drug-likeness (QED) is 0.567. The average Bonchev–Trinajstić information content (AvgIpc) is 3.32. The Morgan fingerprint density at radius 3 is 2.65 bits per heavy atom. The zero-order valence-electron chi connectivity index (χ0n) is 18.5. The molecule has 0 radical (unpaired) electrons. The van der Waals surface area contributed by atoms with Gasteiger partial charge in [0.25, 0.3) is 0 Å². The largest absolute Gasteiger partial charge is 0.335 e. The Bertz CT molecular complexity index is 1030. The number of sulfone groups is 1. The topological polar surface area (TPSA) is 72.3 Å². The van der Waals surface area contributed by atoms with Crippen molar-refractivity contribution < 1.29 is 13.2 Å². The number of imidazole rings is 1. The van der Waals surface area contributed by atoms with Crippen LogP contribution in [-0.2, 0) is 14.6 Å². The number of amides is 1. The van der Waals surface area contributed by atoms with Crippen LogP contribution < -0.4 is 0 Å². The Labute approximate surface area is 189 Å². The van der Waals surface area contributed by atoms with E-state index in [0.29, 0.717) is 12.5 Å². The molecule has 2 unspecified atom stereocenters. The molecule has 2 aromatic rings. The van der Waals surface area contributed by atoms with E-state index in [1.807, 2.05) is 36.9 Å². The summed E-state index contributed by atoms with van der Waals surface area (Å²) in [4.78, 5) is 20.0. The molecule has 1 saturated heterocycles. The van der Waals surface area contributed by atoms with E-state index < -0.39 is 9.84 Å². The van der Waals surface area contributed by atoms with Gasteiger partial charge in [-0.05, 0) is 44.7 Å². The molecule has 1 aromatic carbocycles. The van der Waals surface area contributed by atoms with Gasteiger partial charge in [-0.2, -0.15) is 0 Å². The summed E-state index contributed by atoms with van der Waals surface area (Å²) in [5.74, 6) is 0.581. The van der Waals surface area contributed by atoms with Crippen molar-refractivity contribution in [1.82, 2.24) is 14.5 Å². The van der Waals surface area contributed by atoms with Crippen molar-refractivity contribution in [3.8, 4) is 0 Å².